The van der Waals surface area contributed by atoms with Gasteiger partial charge in [0.2, 0.25) is 0 Å². The van der Waals surface area contributed by atoms with Gasteiger partial charge in [-0.2, -0.15) is 0 Å². The van der Waals surface area contributed by atoms with Crippen LogP contribution in [0, 0.1) is 0 Å². The Kier molecular flexibility index (Phi) is 13.7. The number of carboxylic acids is 1. The van der Waals surface area contributed by atoms with Crippen LogP contribution in [0.4, 0.5) is 0 Å². The molecule has 0 aliphatic heterocycles. The third-order valence-corrected chi connectivity index (χ3v) is 4.31. The number of nitrogens with two attached hydrogens (primary N) is 1. The summed E-state index contributed by atoms with van der Waals surface area (Å²) in [6.07, 6.45) is 2.02. The summed E-state index contributed by atoms with van der Waals surface area (Å²) in [5.41, 5.74) is 5.17. The number of hydrogen-bond donors (Lipinski definition) is 3. The zero-order valence-corrected chi connectivity index (χ0v) is 17.1. The zero-order chi connectivity index (χ0) is 21.6. The Morgan fingerprint density at radius 2 is 1.50 bits per heavy atom. The summed E-state index contributed by atoms with van der Waals surface area (Å²) in [6.45, 7) is 2.11. The third kappa shape index (κ3) is 13.6. The van der Waals surface area contributed by atoms with E-state index in [1.807, 2.05) is 13.8 Å². The maximum Gasteiger partial charge on any atom is 0.472 e. The molecule has 28 heavy (non-hydrogen) atoms. The number of phosphoric acid groups is 1. The van der Waals surface area contributed by atoms with Crippen LogP contribution in [0.25, 0.3) is 0 Å². The molecular weight excluding hydrogens is 397 g/mol. The SMILES string of the molecule is CCCCC(=O)OCC(COP(=O)(O)OCC(N)C(=O)O)OC(=O)CCCC. The Hall–Kier alpha value is -1.52. The molecule has 3 unspecified atom stereocenters. The largest absolute Gasteiger partial charge is 0.480 e. The third-order valence-electron chi connectivity index (χ3n) is 3.36. The minimum Gasteiger partial charge on any atom is -0.480 e. The van der Waals surface area contributed by atoms with Gasteiger partial charge in [0.05, 0.1) is 13.2 Å². The molecular formula is C16H30NO10P. The predicted molar refractivity (Wildman–Crippen MR) is 97.2 cm³/mol. The second-order valence-corrected chi connectivity index (χ2v) is 7.46. The van der Waals surface area contributed by atoms with Crippen molar-refractivity contribution in [2.24, 2.45) is 5.73 Å². The molecule has 0 fully saturated rings. The molecule has 0 amide bonds. The van der Waals surface area contributed by atoms with Crippen molar-refractivity contribution in [3.05, 3.63) is 0 Å². The fraction of sp³-hybridized carbons (Fsp3) is 0.812. The monoisotopic (exact) mass is 427 g/mol. The Balaban J connectivity index is 4.66. The van der Waals surface area contributed by atoms with Gasteiger partial charge >= 0.3 is 25.7 Å². The highest BCUT2D eigenvalue weighted by molar-refractivity contribution is 7.47. The molecule has 0 aromatic heterocycles. The topological polar surface area (TPSA) is 172 Å². The van der Waals surface area contributed by atoms with Crippen molar-refractivity contribution in [1.82, 2.24) is 0 Å². The summed E-state index contributed by atoms with van der Waals surface area (Å²) in [6, 6.07) is -1.51. The average molecular weight is 427 g/mol. The number of aliphatic carboxylic acids is 1. The lowest BCUT2D eigenvalue weighted by molar-refractivity contribution is -0.161. The maximum absolute atomic E-state index is 11.8. The molecule has 0 saturated carbocycles. The van der Waals surface area contributed by atoms with E-state index >= 15 is 0 Å². The van der Waals surface area contributed by atoms with Gasteiger partial charge in [0.15, 0.2) is 6.10 Å². The Morgan fingerprint density at radius 3 is 2.04 bits per heavy atom. The first-order valence-electron chi connectivity index (χ1n) is 9.06. The van der Waals surface area contributed by atoms with Gasteiger partial charge in [-0.15, -0.1) is 0 Å². The molecule has 0 aliphatic rings. The minimum atomic E-state index is -4.64. The first-order valence-corrected chi connectivity index (χ1v) is 10.6. The molecule has 0 heterocycles. The van der Waals surface area contributed by atoms with Crippen molar-refractivity contribution in [3.63, 3.8) is 0 Å². The van der Waals surface area contributed by atoms with E-state index in [9.17, 15) is 23.8 Å². The summed E-state index contributed by atoms with van der Waals surface area (Å²) in [7, 11) is -4.64. The van der Waals surface area contributed by atoms with E-state index < -0.39 is 51.1 Å². The predicted octanol–water partition coefficient (Wildman–Crippen LogP) is 1.37. The van der Waals surface area contributed by atoms with Gasteiger partial charge in [0.1, 0.15) is 12.6 Å². The summed E-state index contributed by atoms with van der Waals surface area (Å²) < 4.78 is 31.1. The zero-order valence-electron chi connectivity index (χ0n) is 16.2. The molecule has 0 spiro atoms. The Bertz CT molecular complexity index is 542. The lowest BCUT2D eigenvalue weighted by atomic mass is 10.2. The fourth-order valence-electron chi connectivity index (χ4n) is 1.72. The van der Waals surface area contributed by atoms with E-state index in [0.717, 1.165) is 12.8 Å². The molecule has 0 rings (SSSR count). The number of ether oxygens (including phenoxy) is 2. The van der Waals surface area contributed by atoms with Gasteiger partial charge in [-0.1, -0.05) is 26.7 Å². The number of unbranched alkanes of at least 4 members (excludes halogenated alkanes) is 2. The second kappa shape index (κ2) is 14.5. The molecule has 3 atom stereocenters. The van der Waals surface area contributed by atoms with Gasteiger partial charge in [-0.25, -0.2) is 4.57 Å². The Labute approximate surface area is 164 Å². The molecule has 164 valence electrons. The number of carboxylic acid groups (broad SMARTS) is 1. The minimum absolute atomic E-state index is 0.136. The van der Waals surface area contributed by atoms with Crippen molar-refractivity contribution in [1.29, 1.82) is 0 Å². The molecule has 0 bridgehead atoms. The number of phosphoric ester groups is 1. The lowest BCUT2D eigenvalue weighted by Gasteiger charge is -2.20. The molecule has 12 heteroatoms. The highest BCUT2D eigenvalue weighted by Gasteiger charge is 2.28. The van der Waals surface area contributed by atoms with Crippen molar-refractivity contribution >= 4 is 25.7 Å². The average Bonchev–Trinajstić information content (AvgIpc) is 2.64. The van der Waals surface area contributed by atoms with Crippen molar-refractivity contribution in [2.45, 2.75) is 64.5 Å². The van der Waals surface area contributed by atoms with Crippen molar-refractivity contribution < 1.29 is 47.5 Å². The maximum atomic E-state index is 11.8. The first kappa shape index (κ1) is 26.5. The fourth-order valence-corrected chi connectivity index (χ4v) is 2.50. The number of esters is 2. The number of carbonyl (C=O) groups is 3. The number of rotatable bonds is 16. The highest BCUT2D eigenvalue weighted by atomic mass is 31.2. The van der Waals surface area contributed by atoms with Crippen molar-refractivity contribution in [2.75, 3.05) is 19.8 Å². The highest BCUT2D eigenvalue weighted by Crippen LogP contribution is 2.43. The van der Waals surface area contributed by atoms with Gasteiger partial charge in [-0.05, 0) is 12.8 Å². The summed E-state index contributed by atoms with van der Waals surface area (Å²) in [5.74, 6) is -2.48. The summed E-state index contributed by atoms with van der Waals surface area (Å²) in [5, 5.41) is 8.63. The van der Waals surface area contributed by atoms with Crippen LogP contribution >= 0.6 is 7.82 Å². The first-order chi connectivity index (χ1) is 13.1. The van der Waals surface area contributed by atoms with Crippen LogP contribution in [-0.2, 0) is 37.5 Å². The number of hydrogen-bond acceptors (Lipinski definition) is 9. The van der Waals surface area contributed by atoms with Gasteiger partial charge < -0.3 is 25.2 Å². The molecule has 0 aromatic rings. The van der Waals surface area contributed by atoms with E-state index in [1.165, 1.54) is 0 Å². The molecule has 0 saturated heterocycles. The quantitative estimate of drug-likeness (QED) is 0.240. The van der Waals surface area contributed by atoms with E-state index in [1.54, 1.807) is 0 Å². The molecule has 0 radical (unpaired) electrons. The van der Waals surface area contributed by atoms with Gasteiger partial charge in [0, 0.05) is 12.8 Å². The van der Waals surface area contributed by atoms with E-state index in [-0.39, 0.29) is 19.4 Å². The number of carbonyl (C=O) groups excluding carboxylic acids is 2. The van der Waals surface area contributed by atoms with E-state index in [2.05, 4.69) is 4.52 Å². The van der Waals surface area contributed by atoms with Crippen LogP contribution in [0.5, 0.6) is 0 Å². The lowest BCUT2D eigenvalue weighted by Crippen LogP contribution is -2.34. The Morgan fingerprint density at radius 1 is 0.964 bits per heavy atom. The van der Waals surface area contributed by atoms with E-state index in [4.69, 9.17) is 24.8 Å². The van der Waals surface area contributed by atoms with Gasteiger partial charge in [-0.3, -0.25) is 23.4 Å². The molecule has 4 N–H and O–H groups in total. The molecule has 0 aromatic carbocycles. The van der Waals surface area contributed by atoms with Crippen LogP contribution < -0.4 is 5.73 Å². The second-order valence-electron chi connectivity index (χ2n) is 6.01. The van der Waals surface area contributed by atoms with Crippen LogP contribution in [0.3, 0.4) is 0 Å². The summed E-state index contributed by atoms with van der Waals surface area (Å²) in [4.78, 5) is 43.6. The van der Waals surface area contributed by atoms with Gasteiger partial charge in [0.25, 0.3) is 0 Å². The van der Waals surface area contributed by atoms with Crippen LogP contribution in [-0.4, -0.2) is 59.9 Å². The van der Waals surface area contributed by atoms with Crippen LogP contribution in [0.2, 0.25) is 0 Å². The molecule has 0 aliphatic carbocycles. The van der Waals surface area contributed by atoms with Crippen LogP contribution in [0.15, 0.2) is 0 Å². The smallest absolute Gasteiger partial charge is 0.472 e. The summed E-state index contributed by atoms with van der Waals surface area (Å²) >= 11 is 0. The molecule has 11 nitrogen and oxygen atoms in total. The standard InChI is InChI=1S/C16H30NO10P/c1-3-5-7-14(18)24-9-12(27-15(19)8-6-4-2)10-25-28(22,23)26-11-13(17)16(20)21/h12-13H,3-11,17H2,1-2H3,(H,20,21)(H,22,23). The van der Waals surface area contributed by atoms with E-state index in [0.29, 0.717) is 12.8 Å². The van der Waals surface area contributed by atoms with Crippen LogP contribution in [0.1, 0.15) is 52.4 Å². The van der Waals surface area contributed by atoms with Crippen molar-refractivity contribution in [3.8, 4) is 0 Å². The normalized spacial score (nSPS) is 15.3.